The molecule has 0 radical (unpaired) electrons. The average Bonchev–Trinajstić information content (AvgIpc) is 2.15. The van der Waals surface area contributed by atoms with E-state index in [1.165, 1.54) is 0 Å². The molecule has 0 fully saturated rings. The van der Waals surface area contributed by atoms with E-state index in [4.69, 9.17) is 9.69 Å². The molecule has 1 aromatic carbocycles. The molecule has 0 unspecified atom stereocenters. The zero-order chi connectivity index (χ0) is 10.6. The first kappa shape index (κ1) is 12.7. The van der Waals surface area contributed by atoms with E-state index in [0.717, 1.165) is 17.3 Å². The van der Waals surface area contributed by atoms with E-state index < -0.39 is 28.8 Å². The van der Waals surface area contributed by atoms with Crippen LogP contribution in [0.4, 0.5) is 17.6 Å². The van der Waals surface area contributed by atoms with Gasteiger partial charge >= 0.3 is 27.0 Å². The molecule has 0 spiro atoms. The third-order valence-corrected chi connectivity index (χ3v) is 1.18. The maximum atomic E-state index is 12.3. The SMILES string of the molecule is [CH2-]c1cc(F)c(F)c(F)c1F.[Cl][Zn+]. The summed E-state index contributed by atoms with van der Waals surface area (Å²) in [5, 5.41) is 0. The van der Waals surface area contributed by atoms with E-state index in [0.29, 0.717) is 6.07 Å². The van der Waals surface area contributed by atoms with Gasteiger partial charge in [0.2, 0.25) is 0 Å². The molecular weight excluding hydrogens is 261 g/mol. The van der Waals surface area contributed by atoms with Crippen LogP contribution in [0, 0.1) is 30.2 Å². The van der Waals surface area contributed by atoms with Crippen LogP contribution >= 0.6 is 9.69 Å². The predicted molar refractivity (Wildman–Crippen MR) is 36.6 cm³/mol. The monoisotopic (exact) mass is 262 g/mol. The van der Waals surface area contributed by atoms with E-state index in [9.17, 15) is 17.6 Å². The van der Waals surface area contributed by atoms with Gasteiger partial charge in [0.15, 0.2) is 5.82 Å². The van der Waals surface area contributed by atoms with Crippen LogP contribution in [0.5, 0.6) is 0 Å². The van der Waals surface area contributed by atoms with Gasteiger partial charge in [-0.1, -0.05) is 0 Å². The van der Waals surface area contributed by atoms with Gasteiger partial charge in [-0.25, -0.2) is 13.2 Å². The molecule has 0 aliphatic heterocycles. The Balaban J connectivity index is 0.000000671. The van der Waals surface area contributed by atoms with Crippen LogP contribution in [0.15, 0.2) is 6.07 Å². The average molecular weight is 264 g/mol. The Bertz CT molecular complexity index is 277. The van der Waals surface area contributed by atoms with Crippen LogP contribution in [0.3, 0.4) is 0 Å². The summed E-state index contributed by atoms with van der Waals surface area (Å²) in [6.07, 6.45) is 0. The molecule has 13 heavy (non-hydrogen) atoms. The van der Waals surface area contributed by atoms with Crippen LogP contribution in [0.25, 0.3) is 0 Å². The van der Waals surface area contributed by atoms with E-state index >= 15 is 0 Å². The fraction of sp³-hybridized carbons (Fsp3) is 0. The van der Waals surface area contributed by atoms with Crippen molar-refractivity contribution in [1.29, 1.82) is 0 Å². The van der Waals surface area contributed by atoms with Crippen molar-refractivity contribution in [3.05, 3.63) is 41.8 Å². The molecule has 0 atom stereocenters. The molecule has 0 N–H and O–H groups in total. The van der Waals surface area contributed by atoms with Crippen molar-refractivity contribution < 1.29 is 34.9 Å². The van der Waals surface area contributed by atoms with Crippen molar-refractivity contribution in [3.63, 3.8) is 0 Å². The van der Waals surface area contributed by atoms with Crippen LogP contribution in [-0.4, -0.2) is 0 Å². The third-order valence-electron chi connectivity index (χ3n) is 1.18. The molecule has 1 rings (SSSR count). The molecule has 68 valence electrons. The van der Waals surface area contributed by atoms with E-state index in [1.807, 2.05) is 0 Å². The zero-order valence-electron chi connectivity index (χ0n) is 6.38. The Morgan fingerprint density at radius 2 is 1.46 bits per heavy atom. The van der Waals surface area contributed by atoms with Gasteiger partial charge < -0.3 is 0 Å². The number of hydrogen-bond acceptors (Lipinski definition) is 0. The van der Waals surface area contributed by atoms with Crippen molar-refractivity contribution in [1.82, 2.24) is 0 Å². The standard InChI is InChI=1S/C7H3F4.ClH.Zn/c1-3-2-4(8)6(10)7(11)5(3)9;;/h2H,1H2;1H;/q-1;;+2/p-1. The Labute approximate surface area is 86.6 Å². The van der Waals surface area contributed by atoms with E-state index in [-0.39, 0.29) is 0 Å². The summed E-state index contributed by atoms with van der Waals surface area (Å²) >= 11 is 0.847. The van der Waals surface area contributed by atoms with E-state index in [1.54, 1.807) is 0 Å². The van der Waals surface area contributed by atoms with Crippen molar-refractivity contribution in [2.24, 2.45) is 0 Å². The quantitative estimate of drug-likeness (QED) is 0.222. The van der Waals surface area contributed by atoms with Crippen molar-refractivity contribution in [2.75, 3.05) is 0 Å². The summed E-state index contributed by atoms with van der Waals surface area (Å²) in [5.74, 6) is -6.53. The molecule has 0 amide bonds. The predicted octanol–water partition coefficient (Wildman–Crippen LogP) is 3.11. The first-order valence-corrected chi connectivity index (χ1v) is 6.85. The topological polar surface area (TPSA) is 0 Å². The Hall–Kier alpha value is -0.277. The van der Waals surface area contributed by atoms with Gasteiger partial charge in [-0.2, -0.15) is 12.5 Å². The maximum absolute atomic E-state index is 12.3. The summed E-state index contributed by atoms with van der Waals surface area (Å²) in [6, 6.07) is 0.494. The molecule has 0 aromatic heterocycles. The second-order valence-electron chi connectivity index (χ2n) is 1.96. The Morgan fingerprint density at radius 1 is 1.00 bits per heavy atom. The Kier molecular flexibility index (Phi) is 5.34. The molecule has 0 heterocycles. The summed E-state index contributed by atoms with van der Waals surface area (Å²) in [6.45, 7) is 2.96. The first-order valence-electron chi connectivity index (χ1n) is 2.95. The van der Waals surface area contributed by atoms with Gasteiger partial charge in [0, 0.05) is 0 Å². The van der Waals surface area contributed by atoms with Crippen molar-refractivity contribution in [3.8, 4) is 0 Å². The van der Waals surface area contributed by atoms with Crippen LogP contribution in [0.1, 0.15) is 5.56 Å². The fourth-order valence-electron chi connectivity index (χ4n) is 0.622. The summed E-state index contributed by atoms with van der Waals surface area (Å²) < 4.78 is 48.9. The zero-order valence-corrected chi connectivity index (χ0v) is 10.1. The minimum atomic E-state index is -1.82. The molecule has 0 nitrogen and oxygen atoms in total. The molecule has 1 aromatic rings. The van der Waals surface area contributed by atoms with Crippen molar-refractivity contribution >= 4 is 9.69 Å². The fourth-order valence-corrected chi connectivity index (χ4v) is 0.622. The molecule has 0 bridgehead atoms. The summed E-state index contributed by atoms with van der Waals surface area (Å²) in [7, 11) is 4.76. The number of hydrogen-bond donors (Lipinski definition) is 0. The summed E-state index contributed by atoms with van der Waals surface area (Å²) in [4.78, 5) is 0. The number of halogens is 5. The molecule has 0 saturated heterocycles. The van der Waals surface area contributed by atoms with Gasteiger partial charge in [0.1, 0.15) is 11.6 Å². The molecular formula is C7H3ClF4Zn. The molecule has 6 heteroatoms. The molecule has 0 aliphatic carbocycles. The third kappa shape index (κ3) is 2.85. The number of benzene rings is 1. The first-order chi connectivity index (χ1) is 6.04. The van der Waals surface area contributed by atoms with E-state index in [2.05, 4.69) is 6.92 Å². The Morgan fingerprint density at radius 3 is 1.92 bits per heavy atom. The van der Waals surface area contributed by atoms with Crippen LogP contribution in [0.2, 0.25) is 0 Å². The summed E-state index contributed by atoms with van der Waals surface area (Å²) in [5.41, 5.74) is -0.499. The van der Waals surface area contributed by atoms with Gasteiger partial charge in [0.05, 0.1) is 5.82 Å². The minimum absolute atomic E-state index is 0.494. The normalized spacial score (nSPS) is 9.15. The molecule has 0 saturated carbocycles. The number of rotatable bonds is 0. The molecule has 0 aliphatic rings. The van der Waals surface area contributed by atoms with Gasteiger partial charge in [-0.05, 0) is 0 Å². The van der Waals surface area contributed by atoms with Gasteiger partial charge in [-0.15, -0.1) is 6.07 Å². The van der Waals surface area contributed by atoms with Crippen LogP contribution in [-0.2, 0) is 17.3 Å². The van der Waals surface area contributed by atoms with Crippen molar-refractivity contribution in [2.45, 2.75) is 0 Å². The second kappa shape index (κ2) is 5.45. The van der Waals surface area contributed by atoms with Gasteiger partial charge in [-0.3, -0.25) is 4.39 Å². The van der Waals surface area contributed by atoms with Crippen LogP contribution < -0.4 is 0 Å². The second-order valence-corrected chi connectivity index (χ2v) is 1.96. The van der Waals surface area contributed by atoms with Gasteiger partial charge in [0.25, 0.3) is 0 Å².